The minimum absolute atomic E-state index is 0.0974. The molecule has 1 aliphatic rings. The van der Waals surface area contributed by atoms with Gasteiger partial charge in [-0.25, -0.2) is 0 Å². The van der Waals surface area contributed by atoms with Crippen LogP contribution < -0.4 is 10.2 Å². The number of benzene rings is 1. The monoisotopic (exact) mass is 348 g/mol. The van der Waals surface area contributed by atoms with E-state index in [-0.39, 0.29) is 18.0 Å². The fourth-order valence-corrected chi connectivity index (χ4v) is 3.02. The van der Waals surface area contributed by atoms with Crippen LogP contribution in [0.25, 0.3) is 0 Å². The molecule has 0 spiro atoms. The molecule has 0 unspecified atom stereocenters. The normalized spacial score (nSPS) is 20.0. The summed E-state index contributed by atoms with van der Waals surface area (Å²) in [6.45, 7) is 2.78. The van der Waals surface area contributed by atoms with Gasteiger partial charge in [0.15, 0.2) is 0 Å². The van der Waals surface area contributed by atoms with Crippen molar-refractivity contribution in [2.24, 2.45) is 0 Å². The first-order chi connectivity index (χ1) is 10.1. The first-order valence-electron chi connectivity index (χ1n) is 6.97. The van der Waals surface area contributed by atoms with Crippen molar-refractivity contribution in [1.29, 1.82) is 0 Å². The van der Waals surface area contributed by atoms with Crippen molar-refractivity contribution in [3.8, 4) is 0 Å². The Labute approximate surface area is 131 Å². The smallest absolute Gasteiger partial charge is 0.244 e. The summed E-state index contributed by atoms with van der Waals surface area (Å²) in [6, 6.07) is 7.79. The number of rotatable bonds is 4. The minimum Gasteiger partial charge on any atom is -0.311 e. The van der Waals surface area contributed by atoms with Crippen LogP contribution in [-0.2, 0) is 4.79 Å². The van der Waals surface area contributed by atoms with Crippen LogP contribution >= 0.6 is 15.9 Å². The summed E-state index contributed by atoms with van der Waals surface area (Å²) in [6.07, 6.45) is 4.44. The van der Waals surface area contributed by atoms with Crippen LogP contribution in [0.2, 0.25) is 0 Å². The molecule has 2 aromatic rings. The number of halogens is 1. The first kappa shape index (κ1) is 14.3. The lowest BCUT2D eigenvalue weighted by Crippen LogP contribution is -2.39. The highest BCUT2D eigenvalue weighted by Gasteiger charge is 2.33. The van der Waals surface area contributed by atoms with Gasteiger partial charge in [0, 0.05) is 34.5 Å². The molecule has 110 valence electrons. The van der Waals surface area contributed by atoms with Gasteiger partial charge < -0.3 is 4.90 Å². The van der Waals surface area contributed by atoms with E-state index in [0.29, 0.717) is 0 Å². The summed E-state index contributed by atoms with van der Waals surface area (Å²) in [4.78, 5) is 14.4. The molecule has 0 saturated carbocycles. The molecule has 0 radical (unpaired) electrons. The molecule has 1 amide bonds. The number of hydrogen-bond acceptors (Lipinski definition) is 3. The average molecular weight is 349 g/mol. The van der Waals surface area contributed by atoms with Gasteiger partial charge in [-0.1, -0.05) is 22.0 Å². The SMILES string of the molecule is C[C@@H](N[C@@H]1CCN(c2cccc(Br)c2)C1=O)c1cn[nH]c1. The van der Waals surface area contributed by atoms with Gasteiger partial charge in [0.1, 0.15) is 0 Å². The Kier molecular flexibility index (Phi) is 4.07. The van der Waals surface area contributed by atoms with E-state index in [1.54, 1.807) is 6.20 Å². The summed E-state index contributed by atoms with van der Waals surface area (Å²) in [5.74, 6) is 0.128. The average Bonchev–Trinajstić information content (AvgIpc) is 3.10. The van der Waals surface area contributed by atoms with E-state index >= 15 is 0 Å². The largest absolute Gasteiger partial charge is 0.311 e. The predicted molar refractivity (Wildman–Crippen MR) is 85.0 cm³/mol. The second-order valence-corrected chi connectivity index (χ2v) is 6.15. The molecule has 1 aromatic heterocycles. The quantitative estimate of drug-likeness (QED) is 0.892. The van der Waals surface area contributed by atoms with E-state index in [2.05, 4.69) is 31.4 Å². The number of hydrogen-bond donors (Lipinski definition) is 2. The number of aromatic nitrogens is 2. The van der Waals surface area contributed by atoms with Crippen molar-refractivity contribution >= 4 is 27.5 Å². The summed E-state index contributed by atoms with van der Waals surface area (Å²) in [5.41, 5.74) is 2.00. The molecule has 1 aliphatic heterocycles. The number of anilines is 1. The highest BCUT2D eigenvalue weighted by molar-refractivity contribution is 9.10. The fraction of sp³-hybridized carbons (Fsp3) is 0.333. The van der Waals surface area contributed by atoms with Crippen molar-refractivity contribution in [3.05, 3.63) is 46.7 Å². The fourth-order valence-electron chi connectivity index (χ4n) is 2.63. The maximum Gasteiger partial charge on any atom is 0.244 e. The van der Waals surface area contributed by atoms with Gasteiger partial charge in [0.25, 0.3) is 0 Å². The molecule has 2 heterocycles. The summed E-state index contributed by atoms with van der Waals surface area (Å²) < 4.78 is 0.982. The van der Waals surface area contributed by atoms with Crippen molar-refractivity contribution in [1.82, 2.24) is 15.5 Å². The molecule has 1 fully saturated rings. The zero-order valence-electron chi connectivity index (χ0n) is 11.7. The lowest BCUT2D eigenvalue weighted by molar-refractivity contribution is -0.119. The molecule has 5 nitrogen and oxygen atoms in total. The summed E-state index contributed by atoms with van der Waals surface area (Å²) in [5, 5.41) is 10.1. The number of carbonyl (C=O) groups excluding carboxylic acids is 1. The van der Waals surface area contributed by atoms with Gasteiger partial charge in [0.2, 0.25) is 5.91 Å². The Bertz CT molecular complexity index is 628. The van der Waals surface area contributed by atoms with E-state index in [0.717, 1.165) is 28.7 Å². The van der Waals surface area contributed by atoms with E-state index in [4.69, 9.17) is 0 Å². The Morgan fingerprint density at radius 2 is 2.38 bits per heavy atom. The van der Waals surface area contributed by atoms with Crippen LogP contribution in [0.3, 0.4) is 0 Å². The van der Waals surface area contributed by atoms with Gasteiger partial charge in [0.05, 0.1) is 12.2 Å². The Morgan fingerprint density at radius 3 is 3.10 bits per heavy atom. The van der Waals surface area contributed by atoms with Gasteiger partial charge >= 0.3 is 0 Å². The molecule has 1 saturated heterocycles. The maximum atomic E-state index is 12.5. The van der Waals surface area contributed by atoms with Gasteiger partial charge in [-0.2, -0.15) is 5.10 Å². The van der Waals surface area contributed by atoms with Crippen molar-refractivity contribution in [2.75, 3.05) is 11.4 Å². The number of nitrogens with one attached hydrogen (secondary N) is 2. The molecule has 0 bridgehead atoms. The zero-order valence-corrected chi connectivity index (χ0v) is 13.3. The third-order valence-electron chi connectivity index (χ3n) is 3.80. The Balaban J connectivity index is 1.69. The maximum absolute atomic E-state index is 12.5. The molecule has 21 heavy (non-hydrogen) atoms. The molecule has 6 heteroatoms. The number of aromatic amines is 1. The zero-order chi connectivity index (χ0) is 14.8. The third-order valence-corrected chi connectivity index (χ3v) is 4.29. The predicted octanol–water partition coefficient (Wildman–Crippen LogP) is 2.63. The Morgan fingerprint density at radius 1 is 1.52 bits per heavy atom. The van der Waals surface area contributed by atoms with E-state index in [1.807, 2.05) is 42.3 Å². The van der Waals surface area contributed by atoms with Crippen LogP contribution in [-0.4, -0.2) is 28.7 Å². The van der Waals surface area contributed by atoms with Gasteiger partial charge in [-0.05, 0) is 31.5 Å². The lowest BCUT2D eigenvalue weighted by Gasteiger charge is -2.19. The number of H-pyrrole nitrogens is 1. The van der Waals surface area contributed by atoms with Crippen LogP contribution in [0.15, 0.2) is 41.1 Å². The van der Waals surface area contributed by atoms with Crippen LogP contribution in [0, 0.1) is 0 Å². The highest BCUT2D eigenvalue weighted by Crippen LogP contribution is 2.25. The molecule has 1 aromatic carbocycles. The van der Waals surface area contributed by atoms with Crippen LogP contribution in [0.5, 0.6) is 0 Å². The second kappa shape index (κ2) is 5.99. The Hall–Kier alpha value is -1.66. The molecule has 2 N–H and O–H groups in total. The minimum atomic E-state index is -0.145. The molecular weight excluding hydrogens is 332 g/mol. The number of amides is 1. The van der Waals surface area contributed by atoms with E-state index in [9.17, 15) is 4.79 Å². The topological polar surface area (TPSA) is 61.0 Å². The van der Waals surface area contributed by atoms with Crippen molar-refractivity contribution in [3.63, 3.8) is 0 Å². The van der Waals surface area contributed by atoms with E-state index in [1.165, 1.54) is 0 Å². The van der Waals surface area contributed by atoms with Crippen LogP contribution in [0.4, 0.5) is 5.69 Å². The molecule has 2 atom stereocenters. The van der Waals surface area contributed by atoms with Crippen LogP contribution in [0.1, 0.15) is 24.9 Å². The third kappa shape index (κ3) is 3.01. The lowest BCUT2D eigenvalue weighted by atomic mass is 10.1. The summed E-state index contributed by atoms with van der Waals surface area (Å²) >= 11 is 3.45. The molecule has 0 aliphatic carbocycles. The standard InChI is InChI=1S/C15H17BrN4O/c1-10(11-8-17-18-9-11)19-14-5-6-20(15(14)21)13-4-2-3-12(16)7-13/h2-4,7-10,14,19H,5-6H2,1H3,(H,17,18)/t10-,14-/m1/s1. The van der Waals surface area contributed by atoms with Gasteiger partial charge in [-0.15, -0.1) is 0 Å². The number of nitrogens with zero attached hydrogens (tertiary/aromatic N) is 2. The second-order valence-electron chi connectivity index (χ2n) is 5.23. The van der Waals surface area contributed by atoms with Crippen molar-refractivity contribution < 1.29 is 4.79 Å². The van der Waals surface area contributed by atoms with E-state index < -0.39 is 0 Å². The molecule has 3 rings (SSSR count). The summed E-state index contributed by atoms with van der Waals surface area (Å²) in [7, 11) is 0. The first-order valence-corrected chi connectivity index (χ1v) is 7.76. The number of carbonyl (C=O) groups is 1. The molecular formula is C15H17BrN4O. The van der Waals surface area contributed by atoms with Gasteiger partial charge in [-0.3, -0.25) is 15.2 Å². The van der Waals surface area contributed by atoms with Crippen molar-refractivity contribution in [2.45, 2.75) is 25.4 Å². The highest BCUT2D eigenvalue weighted by atomic mass is 79.9.